The second-order valence-electron chi connectivity index (χ2n) is 16.6. The third-order valence-corrected chi connectivity index (χ3v) is 11.2. The van der Waals surface area contributed by atoms with Gasteiger partial charge in [-0.2, -0.15) is 0 Å². The number of fused-ring (bicyclic) bond motifs is 1. The molecule has 0 atom stereocenters. The van der Waals surface area contributed by atoms with E-state index in [2.05, 4.69) is 113 Å². The van der Waals surface area contributed by atoms with Gasteiger partial charge in [0.1, 0.15) is 11.6 Å². The maximum atomic E-state index is 11.8. The summed E-state index contributed by atoms with van der Waals surface area (Å²) in [6, 6.07) is 36.8. The average Bonchev–Trinajstić information content (AvgIpc) is 3.65. The van der Waals surface area contributed by atoms with Crippen molar-refractivity contribution in [1.29, 1.82) is 0 Å². The van der Waals surface area contributed by atoms with E-state index in [1.807, 2.05) is 44.2 Å². The van der Waals surface area contributed by atoms with E-state index >= 15 is 0 Å². The van der Waals surface area contributed by atoms with Crippen LogP contribution in [0.4, 0.5) is 0 Å². The maximum absolute atomic E-state index is 11.8. The van der Waals surface area contributed by atoms with Crippen LogP contribution in [0.15, 0.2) is 140 Å². The molecule has 6 aromatic carbocycles. The van der Waals surface area contributed by atoms with E-state index in [4.69, 9.17) is 16.8 Å². The number of rotatable bonds is 8. The van der Waals surface area contributed by atoms with E-state index in [0.29, 0.717) is 28.2 Å². The van der Waals surface area contributed by atoms with Crippen LogP contribution in [-0.2, 0) is 31.9 Å². The molecule has 2 aromatic heterocycles. The molecule has 1 N–H and O–H groups in total. The molecule has 0 aliphatic carbocycles. The van der Waals surface area contributed by atoms with Crippen molar-refractivity contribution in [2.45, 2.75) is 72.6 Å². The molecule has 4 nitrogen and oxygen atoms in total. The number of para-hydroxylation sites is 1. The van der Waals surface area contributed by atoms with Gasteiger partial charge < -0.3 is 5.11 Å². The number of pyridine rings is 1. The second kappa shape index (κ2) is 16.0. The summed E-state index contributed by atoms with van der Waals surface area (Å²) in [5.74, 6) is 0.781. The molecule has 58 heavy (non-hydrogen) atoms. The van der Waals surface area contributed by atoms with Gasteiger partial charge >= 0.3 is 0 Å². The van der Waals surface area contributed by atoms with Crippen LogP contribution >= 0.6 is 0 Å². The maximum Gasteiger partial charge on any atom is 0.148 e. The minimum Gasteiger partial charge on any atom is -0.507 e. The number of nitrogens with zero attached hydrogens (tertiary/aromatic N) is 3. The minimum absolute atomic E-state index is 0. The largest absolute Gasteiger partial charge is 0.507 e. The van der Waals surface area contributed by atoms with Gasteiger partial charge in [-0.3, -0.25) is 9.55 Å². The van der Waals surface area contributed by atoms with Gasteiger partial charge in [0.25, 0.3) is 0 Å². The Balaban J connectivity index is 0.00000595. The van der Waals surface area contributed by atoms with Crippen LogP contribution in [0.5, 0.6) is 5.75 Å². The predicted octanol–water partition coefficient (Wildman–Crippen LogP) is 13.9. The Morgan fingerprint density at radius 1 is 0.707 bits per heavy atom. The van der Waals surface area contributed by atoms with Gasteiger partial charge in [-0.25, -0.2) is 4.98 Å². The zero-order chi connectivity index (χ0) is 44.4. The topological polar surface area (TPSA) is 50.9 Å². The Morgan fingerprint density at radius 3 is 2.17 bits per heavy atom. The summed E-state index contributed by atoms with van der Waals surface area (Å²) in [7, 11) is 0. The molecule has 0 spiro atoms. The smallest absolute Gasteiger partial charge is 0.148 e. The van der Waals surface area contributed by atoms with Gasteiger partial charge in [0.05, 0.1) is 29.1 Å². The Bertz CT molecular complexity index is 3030. The number of aromatic hydroxyl groups is 1. The average molecular weight is 945 g/mol. The Hall–Kier alpha value is -5.57. The first-order valence-electron chi connectivity index (χ1n) is 22.0. The first-order chi connectivity index (χ1) is 29.4. The molecule has 0 saturated carbocycles. The van der Waals surface area contributed by atoms with Crippen LogP contribution in [0, 0.1) is 19.9 Å². The number of imidazole rings is 1. The van der Waals surface area contributed by atoms with E-state index in [-0.39, 0.29) is 67.4 Å². The van der Waals surface area contributed by atoms with Gasteiger partial charge in [-0.05, 0) is 94.8 Å². The molecule has 0 amide bonds. The molecule has 5 heteroatoms. The second-order valence-corrected chi connectivity index (χ2v) is 16.6. The minimum atomic E-state index is -0.435. The zero-order valence-corrected chi connectivity index (χ0v) is 36.5. The molecule has 0 bridgehead atoms. The summed E-state index contributed by atoms with van der Waals surface area (Å²) >= 11 is 0. The predicted molar refractivity (Wildman–Crippen MR) is 238 cm³/mol. The molecule has 2 heterocycles. The summed E-state index contributed by atoms with van der Waals surface area (Å²) in [4.78, 5) is 10.2. The first-order valence-corrected chi connectivity index (χ1v) is 19.5. The molecule has 0 aliphatic heterocycles. The molecular formula is C53H50N3OPt-. The number of aromatic nitrogens is 3. The van der Waals surface area contributed by atoms with Crippen molar-refractivity contribution >= 4 is 11.0 Å². The molecule has 8 rings (SSSR count). The Morgan fingerprint density at radius 2 is 1.45 bits per heavy atom. The van der Waals surface area contributed by atoms with Gasteiger partial charge in [-0.15, -0.1) is 29.3 Å². The number of aryl methyl sites for hydroxylation is 2. The number of benzene rings is 6. The third-order valence-electron chi connectivity index (χ3n) is 11.2. The van der Waals surface area contributed by atoms with E-state index < -0.39 is 6.04 Å². The summed E-state index contributed by atoms with van der Waals surface area (Å²) in [5.41, 5.74) is 12.4. The normalized spacial score (nSPS) is 13.0. The van der Waals surface area contributed by atoms with Gasteiger partial charge in [-0.1, -0.05) is 144 Å². The fourth-order valence-electron chi connectivity index (χ4n) is 7.49. The molecule has 0 fully saturated rings. The number of phenols is 1. The van der Waals surface area contributed by atoms with Crippen molar-refractivity contribution in [1.82, 2.24) is 14.5 Å². The SMILES string of the molecule is [2H]c1c([2H])c([2H])c(-c2ccnc(-c3[c-]c(-c4cccc5c4nc(-c4cc(C)cc(C)c4O)n5-c4ccc(C(C)(C)CC)cc4-c4ccccc4)cc(C(C)(C)C)c3)c2)c([2H])c1[2H].[Pt]. The quantitative estimate of drug-likeness (QED) is 0.154. The molecule has 0 aliphatic rings. The summed E-state index contributed by atoms with van der Waals surface area (Å²) in [6.07, 6.45) is 2.57. The van der Waals surface area contributed by atoms with E-state index in [1.165, 1.54) is 5.56 Å². The van der Waals surface area contributed by atoms with Crippen molar-refractivity contribution in [3.8, 4) is 67.5 Å². The van der Waals surface area contributed by atoms with E-state index in [9.17, 15) is 5.11 Å². The van der Waals surface area contributed by atoms with Crippen LogP contribution in [0.3, 0.4) is 0 Å². The van der Waals surface area contributed by atoms with E-state index in [1.54, 1.807) is 18.3 Å². The summed E-state index contributed by atoms with van der Waals surface area (Å²) in [6.45, 7) is 17.1. The molecule has 0 unspecified atom stereocenters. The molecule has 8 aromatic rings. The fourth-order valence-corrected chi connectivity index (χ4v) is 7.49. The Labute approximate surface area is 365 Å². The van der Waals surface area contributed by atoms with Crippen LogP contribution in [0.25, 0.3) is 72.7 Å². The fraction of sp³-hybridized carbons (Fsp3) is 0.208. The molecule has 294 valence electrons. The molecule has 0 radical (unpaired) electrons. The van der Waals surface area contributed by atoms with E-state index in [0.717, 1.165) is 62.1 Å². The van der Waals surface area contributed by atoms with Crippen LogP contribution in [-0.4, -0.2) is 19.6 Å². The standard InChI is InChI=1S/C53H50N3O.Pt/c1-9-53(7,8)41-23-24-47(44(33-41)37-19-14-11-15-20-37)56-48-22-16-21-43(49(48)55-51(56)45-28-34(2)27-35(3)50(45)57)39-29-40(31-42(30-39)52(4,5)6)46-32-38(25-26-54-46)36-17-12-10-13-18-36;/h10-28,30-33,57H,9H2,1-8H3;/q-1;/i10D,12D,13D,17D,18D;. The van der Waals surface area contributed by atoms with Crippen molar-refractivity contribution in [2.24, 2.45) is 0 Å². The Kier molecular flexibility index (Phi) is 9.50. The third kappa shape index (κ3) is 7.71. The summed E-state index contributed by atoms with van der Waals surface area (Å²) < 4.78 is 44.2. The van der Waals surface area contributed by atoms with Gasteiger partial charge in [0.2, 0.25) is 0 Å². The first kappa shape index (κ1) is 34.5. The molecule has 0 saturated heterocycles. The number of hydrogen-bond acceptors (Lipinski definition) is 3. The van der Waals surface area contributed by atoms with Crippen molar-refractivity contribution in [3.05, 3.63) is 168 Å². The van der Waals surface area contributed by atoms with Gasteiger partial charge in [0, 0.05) is 38.5 Å². The molecular weight excluding hydrogens is 890 g/mol. The van der Waals surface area contributed by atoms with Crippen LogP contribution in [0.1, 0.15) is 77.1 Å². The summed E-state index contributed by atoms with van der Waals surface area (Å²) in [5, 5.41) is 11.8. The van der Waals surface area contributed by atoms with Crippen molar-refractivity contribution in [3.63, 3.8) is 0 Å². The van der Waals surface area contributed by atoms with Gasteiger partial charge in [0.15, 0.2) is 0 Å². The number of hydrogen-bond donors (Lipinski definition) is 1. The van der Waals surface area contributed by atoms with Crippen LogP contribution < -0.4 is 0 Å². The monoisotopic (exact) mass is 944 g/mol. The van der Waals surface area contributed by atoms with Crippen LogP contribution in [0.2, 0.25) is 0 Å². The van der Waals surface area contributed by atoms with Crippen molar-refractivity contribution < 1.29 is 33.0 Å². The number of phenolic OH excluding ortho intramolecular Hbond substituents is 1. The van der Waals surface area contributed by atoms with Crippen molar-refractivity contribution in [2.75, 3.05) is 0 Å². The zero-order valence-electron chi connectivity index (χ0n) is 39.2.